The third kappa shape index (κ3) is 4.69. The number of benzene rings is 1. The molecule has 1 atom stereocenters. The summed E-state index contributed by atoms with van der Waals surface area (Å²) in [6.45, 7) is 6.19. The van der Waals surface area contributed by atoms with Crippen LogP contribution in [0.15, 0.2) is 29.2 Å². The summed E-state index contributed by atoms with van der Waals surface area (Å²) in [6.07, 6.45) is 0. The van der Waals surface area contributed by atoms with Crippen molar-refractivity contribution in [2.45, 2.75) is 37.8 Å². The van der Waals surface area contributed by atoms with Crippen LogP contribution in [0.4, 0.5) is 0 Å². The second-order valence-corrected chi connectivity index (χ2v) is 5.22. The molecule has 0 heterocycles. The molecule has 86 valence electrons. The molecule has 0 saturated carbocycles. The largest absolute Gasteiger partial charge is 0.299 e. The molecule has 0 spiro atoms. The number of hydrogen-bond acceptors (Lipinski definition) is 3. The summed E-state index contributed by atoms with van der Waals surface area (Å²) >= 11 is 1.72. The number of thioether (sulfide) groups is 1. The van der Waals surface area contributed by atoms with Crippen molar-refractivity contribution in [3.05, 3.63) is 29.8 Å². The van der Waals surface area contributed by atoms with Gasteiger partial charge in [0.1, 0.15) is 6.04 Å². The lowest BCUT2D eigenvalue weighted by Gasteiger charge is -2.13. The first-order valence-electron chi connectivity index (χ1n) is 5.47. The molecule has 0 amide bonds. The van der Waals surface area contributed by atoms with Crippen LogP contribution in [-0.2, 0) is 0 Å². The molecule has 0 aliphatic heterocycles. The van der Waals surface area contributed by atoms with Gasteiger partial charge in [-0.05, 0) is 32.9 Å². The van der Waals surface area contributed by atoms with Crippen molar-refractivity contribution in [3.63, 3.8) is 0 Å². The molecule has 3 heteroatoms. The van der Waals surface area contributed by atoms with Gasteiger partial charge in [-0.2, -0.15) is 5.26 Å². The van der Waals surface area contributed by atoms with Gasteiger partial charge in [0, 0.05) is 16.7 Å². The van der Waals surface area contributed by atoms with Crippen molar-refractivity contribution in [1.82, 2.24) is 5.32 Å². The zero-order valence-corrected chi connectivity index (χ0v) is 10.8. The van der Waals surface area contributed by atoms with Crippen LogP contribution < -0.4 is 5.32 Å². The Hall–Kier alpha value is -0.980. The van der Waals surface area contributed by atoms with E-state index >= 15 is 0 Å². The molecule has 0 aromatic heterocycles. The Bertz CT molecular complexity index is 351. The summed E-state index contributed by atoms with van der Waals surface area (Å²) in [5, 5.41) is 12.2. The highest BCUT2D eigenvalue weighted by atomic mass is 32.2. The van der Waals surface area contributed by atoms with Gasteiger partial charge in [-0.25, -0.2) is 0 Å². The van der Waals surface area contributed by atoms with Crippen LogP contribution in [0, 0.1) is 18.3 Å². The van der Waals surface area contributed by atoms with Gasteiger partial charge >= 0.3 is 0 Å². The molecule has 16 heavy (non-hydrogen) atoms. The lowest BCUT2D eigenvalue weighted by molar-refractivity contribution is 0.560. The van der Waals surface area contributed by atoms with E-state index in [9.17, 15) is 0 Å². The Balaban J connectivity index is 2.44. The van der Waals surface area contributed by atoms with Gasteiger partial charge in [-0.1, -0.05) is 17.7 Å². The van der Waals surface area contributed by atoms with Crippen LogP contribution in [-0.4, -0.2) is 17.8 Å². The van der Waals surface area contributed by atoms with Crippen molar-refractivity contribution < 1.29 is 0 Å². The average molecular weight is 234 g/mol. The molecule has 0 bridgehead atoms. The van der Waals surface area contributed by atoms with Gasteiger partial charge in [0.25, 0.3) is 0 Å². The summed E-state index contributed by atoms with van der Waals surface area (Å²) in [4.78, 5) is 1.22. The van der Waals surface area contributed by atoms with E-state index in [-0.39, 0.29) is 6.04 Å². The third-order valence-corrected chi connectivity index (χ3v) is 3.23. The minimum Gasteiger partial charge on any atom is -0.299 e. The van der Waals surface area contributed by atoms with Crippen LogP contribution in [0.25, 0.3) is 0 Å². The van der Waals surface area contributed by atoms with Gasteiger partial charge in [0.05, 0.1) is 6.07 Å². The van der Waals surface area contributed by atoms with Crippen molar-refractivity contribution in [1.29, 1.82) is 5.26 Å². The van der Waals surface area contributed by atoms with E-state index in [0.717, 1.165) is 5.75 Å². The molecule has 1 unspecified atom stereocenters. The molecule has 2 nitrogen and oxygen atoms in total. The molecule has 1 aromatic carbocycles. The van der Waals surface area contributed by atoms with Gasteiger partial charge in [0.15, 0.2) is 0 Å². The van der Waals surface area contributed by atoms with Crippen LogP contribution in [0.1, 0.15) is 19.4 Å². The Morgan fingerprint density at radius 1 is 1.31 bits per heavy atom. The average Bonchev–Trinajstić information content (AvgIpc) is 2.26. The Labute approximate surface area is 102 Å². The zero-order chi connectivity index (χ0) is 12.0. The minimum absolute atomic E-state index is 0.0775. The van der Waals surface area contributed by atoms with Crippen molar-refractivity contribution >= 4 is 11.8 Å². The predicted molar refractivity (Wildman–Crippen MR) is 69.6 cm³/mol. The molecule has 0 fully saturated rings. The highest BCUT2D eigenvalue weighted by Crippen LogP contribution is 2.19. The molecule has 1 N–H and O–H groups in total. The van der Waals surface area contributed by atoms with E-state index in [0.29, 0.717) is 6.04 Å². The van der Waals surface area contributed by atoms with Gasteiger partial charge < -0.3 is 0 Å². The molecular weight excluding hydrogens is 216 g/mol. The van der Waals surface area contributed by atoms with Crippen molar-refractivity contribution in [2.75, 3.05) is 5.75 Å². The van der Waals surface area contributed by atoms with E-state index < -0.39 is 0 Å². The first-order chi connectivity index (χ1) is 7.61. The fourth-order valence-corrected chi connectivity index (χ4v) is 2.20. The zero-order valence-electron chi connectivity index (χ0n) is 10.0. The SMILES string of the molecule is Cc1ccc(SCC(C#N)NC(C)C)cc1. The lowest BCUT2D eigenvalue weighted by atomic mass is 10.2. The first kappa shape index (κ1) is 13.1. The maximum Gasteiger partial charge on any atom is 0.105 e. The number of nitriles is 1. The highest BCUT2D eigenvalue weighted by Gasteiger charge is 2.08. The molecule has 0 radical (unpaired) electrons. The summed E-state index contributed by atoms with van der Waals surface area (Å²) in [5.41, 5.74) is 1.27. The summed E-state index contributed by atoms with van der Waals surface area (Å²) in [6, 6.07) is 11.0. The van der Waals surface area contributed by atoms with Gasteiger partial charge in [-0.15, -0.1) is 11.8 Å². The van der Waals surface area contributed by atoms with Gasteiger partial charge in [0.2, 0.25) is 0 Å². The summed E-state index contributed by atoms with van der Waals surface area (Å²) in [5.74, 6) is 0.789. The number of hydrogen-bond donors (Lipinski definition) is 1. The molecule has 0 saturated heterocycles. The van der Waals surface area contributed by atoms with E-state index in [2.05, 4.69) is 56.4 Å². The lowest BCUT2D eigenvalue weighted by Crippen LogP contribution is -2.35. The number of nitrogens with zero attached hydrogens (tertiary/aromatic N) is 1. The molecule has 0 aliphatic rings. The quantitative estimate of drug-likeness (QED) is 0.796. The molecule has 1 rings (SSSR count). The van der Waals surface area contributed by atoms with E-state index in [1.165, 1.54) is 10.5 Å². The molecule has 0 aliphatic carbocycles. The summed E-state index contributed by atoms with van der Waals surface area (Å²) < 4.78 is 0. The number of nitrogens with one attached hydrogen (secondary N) is 1. The van der Waals surface area contributed by atoms with E-state index in [4.69, 9.17) is 5.26 Å². The first-order valence-corrected chi connectivity index (χ1v) is 6.45. The Morgan fingerprint density at radius 3 is 2.44 bits per heavy atom. The highest BCUT2D eigenvalue weighted by molar-refractivity contribution is 7.99. The number of aryl methyl sites for hydroxylation is 1. The second-order valence-electron chi connectivity index (χ2n) is 4.13. The maximum atomic E-state index is 8.97. The minimum atomic E-state index is -0.0775. The fourth-order valence-electron chi connectivity index (χ4n) is 1.34. The van der Waals surface area contributed by atoms with Crippen molar-refractivity contribution in [3.8, 4) is 6.07 Å². The second kappa shape index (κ2) is 6.57. The predicted octanol–water partition coefficient (Wildman–Crippen LogP) is 2.98. The fraction of sp³-hybridized carbons (Fsp3) is 0.462. The molecule has 1 aromatic rings. The van der Waals surface area contributed by atoms with Crippen molar-refractivity contribution in [2.24, 2.45) is 0 Å². The normalized spacial score (nSPS) is 12.4. The smallest absolute Gasteiger partial charge is 0.105 e. The van der Waals surface area contributed by atoms with Gasteiger partial charge in [-0.3, -0.25) is 5.32 Å². The number of rotatable bonds is 5. The van der Waals surface area contributed by atoms with Crippen LogP contribution in [0.3, 0.4) is 0 Å². The van der Waals surface area contributed by atoms with Crippen LogP contribution in [0.5, 0.6) is 0 Å². The summed E-state index contributed by atoms with van der Waals surface area (Å²) in [7, 11) is 0. The van der Waals surface area contributed by atoms with Crippen LogP contribution >= 0.6 is 11.8 Å². The maximum absolute atomic E-state index is 8.97. The monoisotopic (exact) mass is 234 g/mol. The Kier molecular flexibility index (Phi) is 5.37. The third-order valence-electron chi connectivity index (χ3n) is 2.13. The topological polar surface area (TPSA) is 35.8 Å². The van der Waals surface area contributed by atoms with Crippen LogP contribution in [0.2, 0.25) is 0 Å². The van der Waals surface area contributed by atoms with E-state index in [1.807, 2.05) is 0 Å². The standard InChI is InChI=1S/C13H18N2S/c1-10(2)15-12(8-14)9-16-13-6-4-11(3)5-7-13/h4-7,10,12,15H,9H2,1-3H3. The van der Waals surface area contributed by atoms with E-state index in [1.54, 1.807) is 11.8 Å². The Morgan fingerprint density at radius 2 is 1.94 bits per heavy atom. The molecular formula is C13H18N2S.